The predicted molar refractivity (Wildman–Crippen MR) is 137 cm³/mol. The van der Waals surface area contributed by atoms with Crippen LogP contribution in [-0.2, 0) is 11.3 Å². The van der Waals surface area contributed by atoms with Gasteiger partial charge in [0.1, 0.15) is 18.2 Å². The van der Waals surface area contributed by atoms with Gasteiger partial charge in [-0.2, -0.15) is 0 Å². The summed E-state index contributed by atoms with van der Waals surface area (Å²) in [5.74, 6) is 2.06. The van der Waals surface area contributed by atoms with Gasteiger partial charge in [0.15, 0.2) is 0 Å². The first-order valence-electron chi connectivity index (χ1n) is 11.9. The van der Waals surface area contributed by atoms with Gasteiger partial charge in [0.05, 0.1) is 17.6 Å². The van der Waals surface area contributed by atoms with E-state index in [1.165, 1.54) is 11.1 Å². The van der Waals surface area contributed by atoms with Gasteiger partial charge >= 0.3 is 0 Å². The number of fused-ring (bicyclic) bond motifs is 1. The van der Waals surface area contributed by atoms with Crippen LogP contribution in [-0.4, -0.2) is 28.6 Å². The van der Waals surface area contributed by atoms with E-state index >= 15 is 0 Å². The van der Waals surface area contributed by atoms with E-state index in [4.69, 9.17) is 9.72 Å². The number of rotatable bonds is 6. The molecule has 1 atom stereocenters. The molecule has 0 N–H and O–H groups in total. The molecule has 1 amide bonds. The van der Waals surface area contributed by atoms with Gasteiger partial charge in [0.2, 0.25) is 5.91 Å². The summed E-state index contributed by atoms with van der Waals surface area (Å²) in [6, 6.07) is 20.7. The zero-order valence-corrected chi connectivity index (χ0v) is 20.3. The number of aromatic nitrogens is 2. The molecule has 5 heteroatoms. The monoisotopic (exact) mass is 453 g/mol. The number of ether oxygens (including phenoxy) is 1. The molecule has 0 radical (unpaired) electrons. The Kier molecular flexibility index (Phi) is 5.86. The number of para-hydroxylation sites is 3. The van der Waals surface area contributed by atoms with Crippen LogP contribution in [0.15, 0.2) is 60.7 Å². The lowest BCUT2D eigenvalue weighted by molar-refractivity contribution is -0.117. The molecular formula is C29H31N3O2. The molecule has 2 heterocycles. The molecule has 1 fully saturated rings. The number of benzene rings is 3. The molecule has 4 aromatic rings. The lowest BCUT2D eigenvalue weighted by atomic mass is 10.1. The summed E-state index contributed by atoms with van der Waals surface area (Å²) in [5.41, 5.74) is 7.73. The third-order valence-corrected chi connectivity index (χ3v) is 6.66. The molecule has 1 aliphatic rings. The van der Waals surface area contributed by atoms with Crippen molar-refractivity contribution >= 4 is 22.6 Å². The van der Waals surface area contributed by atoms with Crippen molar-refractivity contribution < 1.29 is 9.53 Å². The van der Waals surface area contributed by atoms with Crippen LogP contribution in [0.25, 0.3) is 11.0 Å². The number of carbonyl (C=O) groups is 1. The van der Waals surface area contributed by atoms with Crippen molar-refractivity contribution in [3.05, 3.63) is 88.7 Å². The smallest absolute Gasteiger partial charge is 0.227 e. The minimum absolute atomic E-state index is 0.0418. The Bertz CT molecular complexity index is 1330. The summed E-state index contributed by atoms with van der Waals surface area (Å²) in [6.45, 7) is 10.2. The number of imidazole rings is 1. The van der Waals surface area contributed by atoms with Crippen molar-refractivity contribution in [2.24, 2.45) is 0 Å². The van der Waals surface area contributed by atoms with Crippen LogP contribution >= 0.6 is 0 Å². The second-order valence-electron chi connectivity index (χ2n) is 9.43. The summed E-state index contributed by atoms with van der Waals surface area (Å²) >= 11 is 0. The number of aryl methyl sites for hydroxylation is 4. The van der Waals surface area contributed by atoms with Crippen LogP contribution in [0.2, 0.25) is 0 Å². The Labute approximate surface area is 201 Å². The fraction of sp³-hybridized carbons (Fsp3) is 0.310. The summed E-state index contributed by atoms with van der Waals surface area (Å²) in [7, 11) is 0. The Morgan fingerprint density at radius 1 is 0.941 bits per heavy atom. The maximum Gasteiger partial charge on any atom is 0.227 e. The van der Waals surface area contributed by atoms with Crippen LogP contribution in [0.1, 0.15) is 40.4 Å². The number of hydrogen-bond donors (Lipinski definition) is 0. The molecule has 0 unspecified atom stereocenters. The quantitative estimate of drug-likeness (QED) is 0.367. The Balaban J connectivity index is 1.42. The average molecular weight is 454 g/mol. The number of carbonyl (C=O) groups excluding carboxylic acids is 1. The third kappa shape index (κ3) is 4.18. The highest BCUT2D eigenvalue weighted by Crippen LogP contribution is 2.36. The molecule has 0 bridgehead atoms. The molecule has 0 spiro atoms. The van der Waals surface area contributed by atoms with Crippen LogP contribution < -0.4 is 9.64 Å². The van der Waals surface area contributed by atoms with Gasteiger partial charge in [0, 0.05) is 24.6 Å². The van der Waals surface area contributed by atoms with Crippen LogP contribution in [0.4, 0.5) is 5.69 Å². The van der Waals surface area contributed by atoms with E-state index in [2.05, 4.69) is 68.7 Å². The Morgan fingerprint density at radius 2 is 1.65 bits per heavy atom. The fourth-order valence-corrected chi connectivity index (χ4v) is 5.24. The lowest BCUT2D eigenvalue weighted by Gasteiger charge is -2.21. The molecular weight excluding hydrogens is 422 g/mol. The second kappa shape index (κ2) is 8.98. The zero-order valence-electron chi connectivity index (χ0n) is 20.3. The lowest BCUT2D eigenvalue weighted by Crippen LogP contribution is -2.26. The summed E-state index contributed by atoms with van der Waals surface area (Å²) in [4.78, 5) is 20.1. The first-order chi connectivity index (χ1) is 16.4. The van der Waals surface area contributed by atoms with Gasteiger partial charge in [-0.25, -0.2) is 4.98 Å². The second-order valence-corrected chi connectivity index (χ2v) is 9.43. The molecule has 5 nitrogen and oxygen atoms in total. The summed E-state index contributed by atoms with van der Waals surface area (Å²) < 4.78 is 8.36. The van der Waals surface area contributed by atoms with Gasteiger partial charge < -0.3 is 14.2 Å². The highest BCUT2D eigenvalue weighted by atomic mass is 16.5. The summed E-state index contributed by atoms with van der Waals surface area (Å²) in [5, 5.41) is 0. The van der Waals surface area contributed by atoms with Crippen molar-refractivity contribution in [3.8, 4) is 5.75 Å². The minimum Gasteiger partial charge on any atom is -0.492 e. The SMILES string of the molecule is Cc1cc(C)cc(OCCn2c([C@H]3CC(=O)N(c4c(C)cccc4C)C3)nc3ccccc32)c1. The van der Waals surface area contributed by atoms with E-state index in [0.717, 1.165) is 39.4 Å². The van der Waals surface area contributed by atoms with Gasteiger partial charge in [0.25, 0.3) is 0 Å². The van der Waals surface area contributed by atoms with Crippen molar-refractivity contribution in [2.75, 3.05) is 18.1 Å². The highest BCUT2D eigenvalue weighted by molar-refractivity contribution is 5.98. The predicted octanol–water partition coefficient (Wildman–Crippen LogP) is 5.87. The normalized spacial score (nSPS) is 15.9. The van der Waals surface area contributed by atoms with Crippen LogP contribution in [0, 0.1) is 27.7 Å². The third-order valence-electron chi connectivity index (χ3n) is 6.66. The molecule has 5 rings (SSSR count). The molecule has 0 aliphatic carbocycles. The molecule has 174 valence electrons. The zero-order chi connectivity index (χ0) is 23.8. The maximum atomic E-state index is 13.1. The van der Waals surface area contributed by atoms with Crippen molar-refractivity contribution in [2.45, 2.75) is 46.6 Å². The van der Waals surface area contributed by atoms with Gasteiger partial charge in [-0.1, -0.05) is 36.4 Å². The molecule has 1 aliphatic heterocycles. The van der Waals surface area contributed by atoms with E-state index in [1.807, 2.05) is 29.2 Å². The number of nitrogens with zero attached hydrogens (tertiary/aromatic N) is 3. The number of anilines is 1. The van der Waals surface area contributed by atoms with E-state index in [-0.39, 0.29) is 11.8 Å². The van der Waals surface area contributed by atoms with Crippen molar-refractivity contribution in [1.82, 2.24) is 9.55 Å². The van der Waals surface area contributed by atoms with Crippen molar-refractivity contribution in [1.29, 1.82) is 0 Å². The standard InChI is InChI=1S/C29H31N3O2/c1-19-14-20(2)16-24(15-19)34-13-12-31-26-11-6-5-10-25(26)30-29(31)23-17-27(33)32(18-23)28-21(3)8-7-9-22(28)4/h5-11,14-16,23H,12-13,17-18H2,1-4H3/t23-/m0/s1. The topological polar surface area (TPSA) is 47.4 Å². The molecule has 34 heavy (non-hydrogen) atoms. The van der Waals surface area contributed by atoms with Crippen LogP contribution in [0.5, 0.6) is 5.75 Å². The number of hydrogen-bond acceptors (Lipinski definition) is 3. The van der Waals surface area contributed by atoms with Gasteiger partial charge in [-0.05, 0) is 74.2 Å². The van der Waals surface area contributed by atoms with E-state index < -0.39 is 0 Å². The van der Waals surface area contributed by atoms with E-state index in [1.54, 1.807) is 0 Å². The molecule has 3 aromatic carbocycles. The van der Waals surface area contributed by atoms with E-state index in [0.29, 0.717) is 26.1 Å². The first-order valence-corrected chi connectivity index (χ1v) is 11.9. The Hall–Kier alpha value is -3.60. The Morgan fingerprint density at radius 3 is 2.38 bits per heavy atom. The van der Waals surface area contributed by atoms with Crippen molar-refractivity contribution in [3.63, 3.8) is 0 Å². The average Bonchev–Trinajstić information content (AvgIpc) is 3.34. The fourth-order valence-electron chi connectivity index (χ4n) is 5.24. The van der Waals surface area contributed by atoms with Gasteiger partial charge in [-0.15, -0.1) is 0 Å². The minimum atomic E-state index is 0.0418. The highest BCUT2D eigenvalue weighted by Gasteiger charge is 2.35. The number of amides is 1. The summed E-state index contributed by atoms with van der Waals surface area (Å²) in [6.07, 6.45) is 0.467. The van der Waals surface area contributed by atoms with E-state index in [9.17, 15) is 4.79 Å². The van der Waals surface area contributed by atoms with Crippen LogP contribution in [0.3, 0.4) is 0 Å². The molecule has 1 aromatic heterocycles. The molecule has 0 saturated carbocycles. The first kappa shape index (κ1) is 22.2. The maximum absolute atomic E-state index is 13.1. The van der Waals surface area contributed by atoms with Gasteiger partial charge in [-0.3, -0.25) is 4.79 Å². The molecule has 1 saturated heterocycles. The largest absolute Gasteiger partial charge is 0.492 e.